The number of likely N-dealkylation sites (tertiary alicyclic amines) is 1. The van der Waals surface area contributed by atoms with E-state index in [0.29, 0.717) is 12.5 Å². The summed E-state index contributed by atoms with van der Waals surface area (Å²) in [6.07, 6.45) is 15.2. The summed E-state index contributed by atoms with van der Waals surface area (Å²) in [5.41, 5.74) is 3.93. The second-order valence-electron chi connectivity index (χ2n) is 17.6. The van der Waals surface area contributed by atoms with Crippen molar-refractivity contribution in [2.75, 3.05) is 31.6 Å². The number of benzene rings is 1. The lowest BCUT2D eigenvalue weighted by molar-refractivity contribution is -0.124. The number of fused-ring (bicyclic) bond motifs is 3. The van der Waals surface area contributed by atoms with Gasteiger partial charge in [-0.25, -0.2) is 14.8 Å². The Balaban J connectivity index is 1.09. The molecule has 1 aliphatic heterocycles. The third kappa shape index (κ3) is 7.62. The summed E-state index contributed by atoms with van der Waals surface area (Å²) in [6, 6.07) is 10.9. The van der Waals surface area contributed by atoms with Gasteiger partial charge < -0.3 is 14.4 Å². The lowest BCUT2D eigenvalue weighted by Gasteiger charge is -2.55. The van der Waals surface area contributed by atoms with E-state index in [1.165, 1.54) is 11.1 Å². The Morgan fingerprint density at radius 2 is 1.63 bits per heavy atom. The van der Waals surface area contributed by atoms with Gasteiger partial charge in [0.05, 0.1) is 17.0 Å². The number of hydrogen-bond acceptors (Lipinski definition) is 7. The summed E-state index contributed by atoms with van der Waals surface area (Å²) in [6.45, 7) is 13.2. The fraction of sp³-hybridized carbons (Fsp3) is 0.628. The summed E-state index contributed by atoms with van der Waals surface area (Å²) in [5.74, 6) is 2.40. The number of aromatic nitrogens is 2. The Morgan fingerprint density at radius 1 is 0.942 bits per heavy atom. The van der Waals surface area contributed by atoms with E-state index in [9.17, 15) is 9.59 Å². The molecule has 1 aromatic carbocycles. The number of aryl methyl sites for hydroxylation is 1. The van der Waals surface area contributed by atoms with E-state index in [1.807, 2.05) is 23.4 Å². The van der Waals surface area contributed by atoms with Crippen LogP contribution in [0, 0.1) is 24.2 Å². The molecular weight excluding hydrogens is 669 g/mol. The van der Waals surface area contributed by atoms with E-state index in [-0.39, 0.29) is 40.3 Å². The fourth-order valence-corrected chi connectivity index (χ4v) is 10.2. The van der Waals surface area contributed by atoms with E-state index < -0.39 is 0 Å². The number of rotatable bonds is 8. The highest BCUT2D eigenvalue weighted by molar-refractivity contribution is 7.15. The standard InChI is InChI=1S/C43H58N4O4S/c1-29-14-23-46(24-15-29)40(49)51-34-10-7-31(8-11-34)38(48)47(37-26-32(13-22-44-37)36-27-45-39(52-36)41(3,4)5)28-42-16-19-43(20-17-42,21-18-42)33-9-12-35(50-6)30(2)25-33/h9,12-13,22,25-27,29,31,34H,7-8,10-11,14-21,23-24,28H2,1-6H3/t31-,34-,42?,43?. The number of piperidine rings is 1. The number of thiazole rings is 1. The van der Waals surface area contributed by atoms with Gasteiger partial charge in [-0.3, -0.25) is 9.69 Å². The van der Waals surface area contributed by atoms with Crippen molar-refractivity contribution in [3.05, 3.63) is 58.9 Å². The Labute approximate surface area is 314 Å². The van der Waals surface area contributed by atoms with Crippen LogP contribution in [0.25, 0.3) is 10.4 Å². The van der Waals surface area contributed by atoms with Crippen LogP contribution in [0.2, 0.25) is 0 Å². The van der Waals surface area contributed by atoms with E-state index in [2.05, 4.69) is 63.8 Å². The number of pyridine rings is 1. The molecule has 0 spiro atoms. The molecule has 3 heterocycles. The molecule has 0 unspecified atom stereocenters. The van der Waals surface area contributed by atoms with Crippen LogP contribution in [0.5, 0.6) is 5.75 Å². The quantitative estimate of drug-likeness (QED) is 0.230. The minimum atomic E-state index is -0.184. The van der Waals surface area contributed by atoms with Gasteiger partial charge in [0.15, 0.2) is 0 Å². The molecule has 2 bridgehead atoms. The molecule has 4 aliphatic carbocycles. The third-order valence-corrected chi connectivity index (χ3v) is 14.4. The number of amides is 2. The minimum absolute atomic E-state index is 0.0266. The number of methoxy groups -OCH3 is 1. The van der Waals surface area contributed by atoms with Crippen molar-refractivity contribution in [3.63, 3.8) is 0 Å². The van der Waals surface area contributed by atoms with Crippen LogP contribution in [0.3, 0.4) is 0 Å². The van der Waals surface area contributed by atoms with Crippen molar-refractivity contribution in [1.29, 1.82) is 0 Å². The van der Waals surface area contributed by atoms with Gasteiger partial charge in [0, 0.05) is 43.4 Å². The van der Waals surface area contributed by atoms with Gasteiger partial charge in [0.2, 0.25) is 5.91 Å². The summed E-state index contributed by atoms with van der Waals surface area (Å²) in [7, 11) is 1.74. The molecule has 9 heteroatoms. The lowest BCUT2D eigenvalue weighted by atomic mass is 9.51. The second-order valence-corrected chi connectivity index (χ2v) is 18.6. The lowest BCUT2D eigenvalue weighted by Crippen LogP contribution is -2.52. The van der Waals surface area contributed by atoms with Crippen molar-refractivity contribution in [3.8, 4) is 16.2 Å². The largest absolute Gasteiger partial charge is 0.496 e. The number of anilines is 1. The molecule has 2 aromatic heterocycles. The van der Waals surface area contributed by atoms with Crippen molar-refractivity contribution in [2.45, 2.75) is 129 Å². The molecule has 0 N–H and O–H groups in total. The van der Waals surface area contributed by atoms with Gasteiger partial charge in [-0.2, -0.15) is 0 Å². The molecular formula is C43H58N4O4S. The Bertz CT molecular complexity index is 1720. The first-order valence-electron chi connectivity index (χ1n) is 19.7. The van der Waals surface area contributed by atoms with Gasteiger partial charge in [-0.1, -0.05) is 39.8 Å². The summed E-state index contributed by atoms with van der Waals surface area (Å²) >= 11 is 1.72. The van der Waals surface area contributed by atoms with Gasteiger partial charge in [-0.15, -0.1) is 11.3 Å². The zero-order valence-electron chi connectivity index (χ0n) is 32.2. The Kier molecular flexibility index (Phi) is 10.5. The highest BCUT2D eigenvalue weighted by Gasteiger charge is 2.51. The first-order valence-corrected chi connectivity index (χ1v) is 20.5. The molecule has 4 saturated carbocycles. The van der Waals surface area contributed by atoms with Crippen LogP contribution in [-0.2, 0) is 20.4 Å². The first-order chi connectivity index (χ1) is 24.9. The zero-order valence-corrected chi connectivity index (χ0v) is 33.0. The van der Waals surface area contributed by atoms with Crippen LogP contribution < -0.4 is 9.64 Å². The Hall–Kier alpha value is -3.46. The average Bonchev–Trinajstić information content (AvgIpc) is 3.67. The van der Waals surface area contributed by atoms with Crippen molar-refractivity contribution in [1.82, 2.24) is 14.9 Å². The number of ether oxygens (including phenoxy) is 2. The van der Waals surface area contributed by atoms with E-state index in [4.69, 9.17) is 19.4 Å². The van der Waals surface area contributed by atoms with E-state index in [0.717, 1.165) is 117 Å². The molecule has 1 saturated heterocycles. The first kappa shape index (κ1) is 36.9. The highest BCUT2D eigenvalue weighted by Crippen LogP contribution is 2.58. The van der Waals surface area contributed by atoms with Crippen molar-refractivity contribution in [2.24, 2.45) is 17.3 Å². The van der Waals surface area contributed by atoms with Gasteiger partial charge >= 0.3 is 6.09 Å². The van der Waals surface area contributed by atoms with Crippen LogP contribution in [0.1, 0.15) is 121 Å². The predicted molar refractivity (Wildman–Crippen MR) is 208 cm³/mol. The van der Waals surface area contributed by atoms with Gasteiger partial charge in [-0.05, 0) is 136 Å². The second kappa shape index (κ2) is 14.8. The molecule has 8 nitrogen and oxygen atoms in total. The molecule has 3 aromatic rings. The van der Waals surface area contributed by atoms with Crippen molar-refractivity contribution < 1.29 is 19.1 Å². The topological polar surface area (TPSA) is 84.9 Å². The fourth-order valence-electron chi connectivity index (χ4n) is 9.28. The van der Waals surface area contributed by atoms with Gasteiger partial charge in [0.1, 0.15) is 17.7 Å². The van der Waals surface area contributed by atoms with Crippen LogP contribution in [0.4, 0.5) is 10.6 Å². The molecule has 5 aliphatic rings. The predicted octanol–water partition coefficient (Wildman–Crippen LogP) is 9.87. The highest BCUT2D eigenvalue weighted by atomic mass is 32.1. The molecule has 2 amide bonds. The maximum absolute atomic E-state index is 14.8. The minimum Gasteiger partial charge on any atom is -0.496 e. The smallest absolute Gasteiger partial charge is 0.410 e. The average molecular weight is 727 g/mol. The molecule has 280 valence electrons. The number of carbonyl (C=O) groups is 2. The normalized spacial score (nSPS) is 26.6. The molecule has 8 rings (SSSR count). The van der Waals surface area contributed by atoms with E-state index in [1.54, 1.807) is 18.4 Å². The van der Waals surface area contributed by atoms with Crippen LogP contribution in [-0.4, -0.2) is 59.7 Å². The molecule has 0 atom stereocenters. The maximum Gasteiger partial charge on any atom is 0.410 e. The summed E-state index contributed by atoms with van der Waals surface area (Å²) in [5, 5.41) is 1.10. The summed E-state index contributed by atoms with van der Waals surface area (Å²) in [4.78, 5) is 42.4. The molecule has 52 heavy (non-hydrogen) atoms. The Morgan fingerprint density at radius 3 is 2.25 bits per heavy atom. The molecule has 5 fully saturated rings. The van der Waals surface area contributed by atoms with Crippen LogP contribution in [0.15, 0.2) is 42.7 Å². The SMILES string of the molecule is COc1ccc(C23CCC(CN(c4cc(-c5cnc(C(C)(C)C)s5)ccn4)C(=O)[C@H]4CC[C@H](OC(=O)N5CCC(C)CC5)CC4)(CC2)CC3)cc1C. The maximum atomic E-state index is 14.8. The number of carbonyl (C=O) groups excluding carboxylic acids is 2. The van der Waals surface area contributed by atoms with Crippen LogP contribution >= 0.6 is 11.3 Å². The van der Waals surface area contributed by atoms with Crippen molar-refractivity contribution >= 4 is 29.2 Å². The monoisotopic (exact) mass is 726 g/mol. The number of nitrogens with zero attached hydrogens (tertiary/aromatic N) is 4. The summed E-state index contributed by atoms with van der Waals surface area (Å²) < 4.78 is 11.6. The third-order valence-electron chi connectivity index (χ3n) is 13.0. The number of hydrogen-bond donors (Lipinski definition) is 0. The molecule has 0 radical (unpaired) electrons. The van der Waals surface area contributed by atoms with Gasteiger partial charge in [0.25, 0.3) is 0 Å². The zero-order chi connectivity index (χ0) is 36.7. The van der Waals surface area contributed by atoms with E-state index >= 15 is 0 Å².